The highest BCUT2D eigenvalue weighted by Crippen LogP contribution is 2.24. The fourth-order valence-electron chi connectivity index (χ4n) is 2.62. The Labute approximate surface area is 137 Å². The molecule has 0 saturated carbocycles. The second-order valence-electron chi connectivity index (χ2n) is 5.26. The van der Waals surface area contributed by atoms with Crippen molar-refractivity contribution in [2.45, 2.75) is 32.1 Å². The van der Waals surface area contributed by atoms with Gasteiger partial charge in [-0.1, -0.05) is 0 Å². The number of hydrogen-bond acceptors (Lipinski definition) is 4. The summed E-state index contributed by atoms with van der Waals surface area (Å²) < 4.78 is 5.90. The van der Waals surface area contributed by atoms with Crippen molar-refractivity contribution in [1.82, 2.24) is 4.90 Å². The number of esters is 1. The van der Waals surface area contributed by atoms with Crippen LogP contribution in [-0.2, 0) is 20.7 Å². The van der Waals surface area contributed by atoms with Crippen LogP contribution < -0.4 is 0 Å². The molecule has 1 amide bonds. The lowest BCUT2D eigenvalue weighted by molar-refractivity contribution is -0.149. The Morgan fingerprint density at radius 3 is 2.95 bits per heavy atom. The van der Waals surface area contributed by atoms with Crippen molar-refractivity contribution in [3.63, 3.8) is 0 Å². The van der Waals surface area contributed by atoms with Crippen LogP contribution in [0.5, 0.6) is 0 Å². The van der Waals surface area contributed by atoms with Crippen LogP contribution in [-0.4, -0.2) is 37.0 Å². The fraction of sp³-hybridized carbons (Fsp3) is 0.600. The quantitative estimate of drug-likeness (QED) is 0.744. The maximum absolute atomic E-state index is 12.2. The number of methoxy groups -OCH3 is 1. The molecule has 1 saturated heterocycles. The molecular formula is C15H20BrNO3S. The van der Waals surface area contributed by atoms with E-state index < -0.39 is 0 Å². The van der Waals surface area contributed by atoms with Gasteiger partial charge in [0.2, 0.25) is 5.91 Å². The molecule has 1 fully saturated rings. The molecule has 0 aromatic carbocycles. The van der Waals surface area contributed by atoms with Gasteiger partial charge in [0.25, 0.3) is 0 Å². The van der Waals surface area contributed by atoms with Crippen molar-refractivity contribution in [3.05, 3.63) is 20.8 Å². The second kappa shape index (κ2) is 7.94. The Bertz CT molecular complexity index is 503. The minimum absolute atomic E-state index is 0.152. The van der Waals surface area contributed by atoms with Crippen LogP contribution in [0.25, 0.3) is 0 Å². The summed E-state index contributed by atoms with van der Waals surface area (Å²) in [7, 11) is 1.41. The third-order valence-electron chi connectivity index (χ3n) is 3.75. The van der Waals surface area contributed by atoms with Crippen LogP contribution in [0, 0.1) is 5.92 Å². The standard InChI is InChI=1S/C15H20BrNO3S/c1-20-15(19)11-4-3-9-17(10-11)14(18)6-2-5-12-7-8-13(16)21-12/h7-8,11H,2-6,9-10H2,1H3/t11-/m0/s1. The molecule has 1 atom stereocenters. The van der Waals surface area contributed by atoms with Gasteiger partial charge in [-0.15, -0.1) is 11.3 Å². The van der Waals surface area contributed by atoms with Crippen LogP contribution in [0.4, 0.5) is 0 Å². The maximum Gasteiger partial charge on any atom is 0.310 e. The van der Waals surface area contributed by atoms with Crippen molar-refractivity contribution in [2.75, 3.05) is 20.2 Å². The van der Waals surface area contributed by atoms with Gasteiger partial charge in [-0.3, -0.25) is 9.59 Å². The lowest BCUT2D eigenvalue weighted by atomic mass is 9.98. The van der Waals surface area contributed by atoms with Crippen LogP contribution >= 0.6 is 27.3 Å². The number of ether oxygens (including phenoxy) is 1. The SMILES string of the molecule is COC(=O)[C@H]1CCCN(C(=O)CCCc2ccc(Br)s2)C1. The zero-order valence-electron chi connectivity index (χ0n) is 12.1. The van der Waals surface area contributed by atoms with Crippen molar-refractivity contribution >= 4 is 39.1 Å². The first-order valence-electron chi connectivity index (χ1n) is 7.20. The molecule has 0 bridgehead atoms. The molecule has 2 heterocycles. The highest BCUT2D eigenvalue weighted by Gasteiger charge is 2.28. The molecule has 116 valence electrons. The van der Waals surface area contributed by atoms with Crippen molar-refractivity contribution in [2.24, 2.45) is 5.92 Å². The van der Waals surface area contributed by atoms with Crippen molar-refractivity contribution in [1.29, 1.82) is 0 Å². The summed E-state index contributed by atoms with van der Waals surface area (Å²) in [5.41, 5.74) is 0. The second-order valence-corrected chi connectivity index (χ2v) is 7.81. The number of thiophene rings is 1. The molecule has 0 N–H and O–H groups in total. The Hall–Kier alpha value is -0.880. The molecule has 1 aliphatic heterocycles. The van der Waals surface area contributed by atoms with Gasteiger partial charge in [0, 0.05) is 24.4 Å². The Balaban J connectivity index is 1.76. The Morgan fingerprint density at radius 2 is 2.29 bits per heavy atom. The average molecular weight is 374 g/mol. The fourth-order valence-corrected chi connectivity index (χ4v) is 4.15. The molecular weight excluding hydrogens is 354 g/mol. The molecule has 0 radical (unpaired) electrons. The number of likely N-dealkylation sites (tertiary alicyclic amines) is 1. The van der Waals surface area contributed by atoms with E-state index in [2.05, 4.69) is 22.0 Å². The number of piperidine rings is 1. The van der Waals surface area contributed by atoms with Gasteiger partial charge in [-0.2, -0.15) is 0 Å². The Kier molecular flexibility index (Phi) is 6.23. The number of hydrogen-bond donors (Lipinski definition) is 0. The first-order valence-corrected chi connectivity index (χ1v) is 8.81. The molecule has 2 rings (SSSR count). The number of aryl methyl sites for hydroxylation is 1. The highest BCUT2D eigenvalue weighted by atomic mass is 79.9. The summed E-state index contributed by atoms with van der Waals surface area (Å²) in [6, 6.07) is 4.13. The van der Waals surface area contributed by atoms with Gasteiger partial charge >= 0.3 is 5.97 Å². The summed E-state index contributed by atoms with van der Waals surface area (Å²) in [6.07, 6.45) is 4.02. The average Bonchev–Trinajstić information content (AvgIpc) is 2.92. The summed E-state index contributed by atoms with van der Waals surface area (Å²) in [5.74, 6) is -0.198. The number of amides is 1. The van der Waals surface area contributed by atoms with E-state index in [9.17, 15) is 9.59 Å². The molecule has 6 heteroatoms. The molecule has 1 aliphatic rings. The summed E-state index contributed by atoms with van der Waals surface area (Å²) in [6.45, 7) is 1.27. The first kappa shape index (κ1) is 16.5. The van der Waals surface area contributed by atoms with Gasteiger partial charge in [-0.05, 0) is 53.7 Å². The largest absolute Gasteiger partial charge is 0.469 e. The molecule has 0 unspecified atom stereocenters. The van der Waals surface area contributed by atoms with Gasteiger partial charge in [0.1, 0.15) is 0 Å². The summed E-state index contributed by atoms with van der Waals surface area (Å²) in [4.78, 5) is 26.9. The smallest absolute Gasteiger partial charge is 0.310 e. The third kappa shape index (κ3) is 4.81. The van der Waals surface area contributed by atoms with Crippen LogP contribution in [0.2, 0.25) is 0 Å². The number of rotatable bonds is 5. The topological polar surface area (TPSA) is 46.6 Å². The number of halogens is 1. The van der Waals surface area contributed by atoms with E-state index in [4.69, 9.17) is 4.74 Å². The minimum Gasteiger partial charge on any atom is -0.469 e. The van der Waals surface area contributed by atoms with E-state index in [0.717, 1.165) is 36.0 Å². The normalized spacial score (nSPS) is 18.6. The van der Waals surface area contributed by atoms with Crippen molar-refractivity contribution < 1.29 is 14.3 Å². The van der Waals surface area contributed by atoms with Crippen LogP contribution in [0.1, 0.15) is 30.6 Å². The molecule has 1 aromatic rings. The number of carbonyl (C=O) groups is 2. The van der Waals surface area contributed by atoms with E-state index in [1.807, 2.05) is 11.0 Å². The van der Waals surface area contributed by atoms with E-state index in [0.29, 0.717) is 13.0 Å². The van der Waals surface area contributed by atoms with E-state index in [1.54, 1.807) is 11.3 Å². The molecule has 21 heavy (non-hydrogen) atoms. The zero-order chi connectivity index (χ0) is 15.2. The maximum atomic E-state index is 12.2. The lowest BCUT2D eigenvalue weighted by Gasteiger charge is -2.31. The third-order valence-corrected chi connectivity index (χ3v) is 5.43. The molecule has 0 aliphatic carbocycles. The van der Waals surface area contributed by atoms with Gasteiger partial charge in [0.05, 0.1) is 16.8 Å². The number of carbonyl (C=O) groups excluding carboxylic acids is 2. The monoisotopic (exact) mass is 373 g/mol. The molecule has 1 aromatic heterocycles. The predicted octanol–water partition coefficient (Wildman–Crippen LogP) is 3.24. The van der Waals surface area contributed by atoms with E-state index >= 15 is 0 Å². The first-order chi connectivity index (χ1) is 10.1. The predicted molar refractivity (Wildman–Crippen MR) is 86.3 cm³/mol. The number of nitrogens with zero attached hydrogens (tertiary/aromatic N) is 1. The van der Waals surface area contributed by atoms with Gasteiger partial charge in [0.15, 0.2) is 0 Å². The highest BCUT2D eigenvalue weighted by molar-refractivity contribution is 9.11. The van der Waals surface area contributed by atoms with Crippen LogP contribution in [0.3, 0.4) is 0 Å². The summed E-state index contributed by atoms with van der Waals surface area (Å²) in [5, 5.41) is 0. The Morgan fingerprint density at radius 1 is 1.48 bits per heavy atom. The lowest BCUT2D eigenvalue weighted by Crippen LogP contribution is -2.42. The minimum atomic E-state index is -0.198. The summed E-state index contributed by atoms with van der Waals surface area (Å²) >= 11 is 5.15. The molecule has 4 nitrogen and oxygen atoms in total. The van der Waals surface area contributed by atoms with E-state index in [-0.39, 0.29) is 17.8 Å². The van der Waals surface area contributed by atoms with Crippen LogP contribution in [0.15, 0.2) is 15.9 Å². The van der Waals surface area contributed by atoms with Gasteiger partial charge in [-0.25, -0.2) is 0 Å². The molecule has 0 spiro atoms. The van der Waals surface area contributed by atoms with Crippen molar-refractivity contribution in [3.8, 4) is 0 Å². The van der Waals surface area contributed by atoms with E-state index in [1.165, 1.54) is 12.0 Å². The van der Waals surface area contributed by atoms with Gasteiger partial charge < -0.3 is 9.64 Å². The zero-order valence-corrected chi connectivity index (χ0v) is 14.5.